The maximum absolute atomic E-state index is 15.5. The Kier molecular flexibility index (Phi) is 16.3. The summed E-state index contributed by atoms with van der Waals surface area (Å²) in [5.41, 5.74) is 4.05. The van der Waals surface area contributed by atoms with E-state index in [0.29, 0.717) is 47.9 Å². The SMILES string of the molecule is CC[C@H]([C@H](C)O)n1ncn(-c2ccc(N3CCN(c4ccc(OC[C@@H]5CO[C@@](Cn6cncn6)(c6ccc(F)cc6F)C5)c(Oc5ccc(N6CCN(c7ccc(-n8cnn([C@@H](CC)[C@@H](C)O)c8=O)cc7)CC6)cc5)c4)CC3)cc2)c1=O. The van der Waals surface area contributed by atoms with Crippen molar-refractivity contribution in [1.82, 2.24) is 43.5 Å². The molecule has 3 aliphatic rings. The van der Waals surface area contributed by atoms with Crippen LogP contribution in [0.3, 0.4) is 0 Å². The first-order valence-electron chi connectivity index (χ1n) is 28.1. The molecule has 5 aromatic carbocycles. The second kappa shape index (κ2) is 24.0. The molecule has 0 radical (unpaired) electrons. The smallest absolute Gasteiger partial charge is 0.350 e. The van der Waals surface area contributed by atoms with Crippen molar-refractivity contribution in [3.8, 4) is 28.6 Å². The summed E-state index contributed by atoms with van der Waals surface area (Å²) in [4.78, 5) is 39.9. The lowest BCUT2D eigenvalue weighted by atomic mass is 9.87. The van der Waals surface area contributed by atoms with E-state index in [1.165, 1.54) is 49.6 Å². The van der Waals surface area contributed by atoms with Gasteiger partial charge in [-0.3, -0.25) is 0 Å². The number of aliphatic hydroxyl groups excluding tert-OH is 2. The Hall–Kier alpha value is -8.34. The van der Waals surface area contributed by atoms with E-state index in [0.717, 1.165) is 81.2 Å². The monoisotopic (exact) mass is 1120 g/mol. The molecule has 2 N–H and O–H groups in total. The number of aliphatic hydroxyl groups is 2. The molecule has 20 nitrogen and oxygen atoms in total. The van der Waals surface area contributed by atoms with E-state index in [1.807, 2.05) is 92.7 Å². The Balaban J connectivity index is 0.768. The number of ether oxygens (including phenoxy) is 3. The lowest BCUT2D eigenvalue weighted by molar-refractivity contribution is -0.0206. The van der Waals surface area contributed by atoms with Gasteiger partial charge in [0.15, 0.2) is 11.5 Å². The van der Waals surface area contributed by atoms with Crippen LogP contribution in [-0.2, 0) is 16.9 Å². The molecule has 3 fully saturated rings. The number of nitrogens with zero attached hydrogens (tertiary/aromatic N) is 13. The summed E-state index contributed by atoms with van der Waals surface area (Å²) >= 11 is 0. The number of hydrogen-bond acceptors (Lipinski definition) is 15. The van der Waals surface area contributed by atoms with Crippen molar-refractivity contribution in [3.05, 3.63) is 173 Å². The van der Waals surface area contributed by atoms with Crippen LogP contribution in [0.25, 0.3) is 11.4 Å². The Morgan fingerprint density at radius 3 is 1.57 bits per heavy atom. The summed E-state index contributed by atoms with van der Waals surface area (Å²) in [6, 6.07) is 32.6. The first kappa shape index (κ1) is 55.6. The standard InChI is InChI=1S/C60H69F2N13O7/c1-5-54(41(3)76)74-58(78)72(39-65-74)48-12-8-45(9-13-48)67-23-25-69(26-24-67)47-16-19-51(20-17-47)82-57-32-50(70-29-27-68(28-30-70)46-10-14-49(15-11-46)73-40-66-75(59(73)79)55(6-2)42(4)77)18-22-56(57)80-34-43-33-60(81-35-43,36-71-38-63-37-64-71)52-21-7-44(61)31-53(52)62/h7-22,31-32,37-43,54-55,76-77H,5-6,23-30,33-36H2,1-4H3/t41-,42+,43-,54+,55-,60+/m1/s1. The average Bonchev–Trinajstić information content (AvgIpc) is 4.48. The van der Waals surface area contributed by atoms with Crippen molar-refractivity contribution in [3.63, 3.8) is 0 Å². The highest BCUT2D eigenvalue weighted by molar-refractivity contribution is 5.60. The fraction of sp³-hybridized carbons (Fsp3) is 0.400. The van der Waals surface area contributed by atoms with E-state index < -0.39 is 41.5 Å². The molecule has 0 aliphatic carbocycles. The first-order chi connectivity index (χ1) is 39.8. The zero-order chi connectivity index (χ0) is 57.1. The first-order valence-corrected chi connectivity index (χ1v) is 28.1. The number of anilines is 4. The van der Waals surface area contributed by atoms with Crippen LogP contribution >= 0.6 is 0 Å². The van der Waals surface area contributed by atoms with Crippen LogP contribution in [-0.4, -0.2) is 131 Å². The van der Waals surface area contributed by atoms with Gasteiger partial charge < -0.3 is 44.0 Å². The van der Waals surface area contributed by atoms with Crippen LogP contribution in [0.15, 0.2) is 144 Å². The molecule has 6 atom stereocenters. The van der Waals surface area contributed by atoms with Gasteiger partial charge in [0.05, 0.1) is 55.4 Å². The Bertz CT molecular complexity index is 3540. The maximum Gasteiger partial charge on any atom is 0.350 e. The van der Waals surface area contributed by atoms with Crippen molar-refractivity contribution >= 4 is 22.7 Å². The summed E-state index contributed by atoms with van der Waals surface area (Å²) in [7, 11) is 0. The normalized spacial score (nSPS) is 19.1. The van der Waals surface area contributed by atoms with Crippen LogP contribution in [0.4, 0.5) is 31.5 Å². The van der Waals surface area contributed by atoms with Crippen LogP contribution in [0.1, 0.15) is 64.6 Å². The third kappa shape index (κ3) is 11.6. The van der Waals surface area contributed by atoms with Crippen molar-refractivity contribution < 1.29 is 33.2 Å². The second-order valence-electron chi connectivity index (χ2n) is 21.5. The molecule has 0 amide bonds. The van der Waals surface area contributed by atoms with Crippen molar-refractivity contribution in [2.45, 2.75) is 83.4 Å². The minimum absolute atomic E-state index is 0.165. The highest BCUT2D eigenvalue weighted by Crippen LogP contribution is 2.43. The molecule has 82 heavy (non-hydrogen) atoms. The third-order valence-electron chi connectivity index (χ3n) is 16.2. The molecule has 3 aromatic heterocycles. The molecule has 22 heteroatoms. The van der Waals surface area contributed by atoms with Gasteiger partial charge in [0.25, 0.3) is 0 Å². The topological polar surface area (TPSA) is 191 Å². The minimum atomic E-state index is -1.14. The van der Waals surface area contributed by atoms with Crippen LogP contribution in [0.2, 0.25) is 0 Å². The predicted octanol–water partition coefficient (Wildman–Crippen LogP) is 7.37. The second-order valence-corrected chi connectivity index (χ2v) is 21.5. The number of rotatable bonds is 20. The van der Waals surface area contributed by atoms with Gasteiger partial charge in [-0.25, -0.2) is 46.5 Å². The maximum atomic E-state index is 15.5. The average molecular weight is 1120 g/mol. The fourth-order valence-corrected chi connectivity index (χ4v) is 11.7. The van der Waals surface area contributed by atoms with Gasteiger partial charge in [-0.05, 0) is 124 Å². The highest BCUT2D eigenvalue weighted by atomic mass is 19.1. The van der Waals surface area contributed by atoms with Gasteiger partial charge in [-0.15, -0.1) is 0 Å². The molecular weight excluding hydrogens is 1050 g/mol. The van der Waals surface area contributed by atoms with E-state index in [9.17, 15) is 24.2 Å². The molecule has 8 aromatic rings. The molecule has 3 aliphatic heterocycles. The Morgan fingerprint density at radius 1 is 0.610 bits per heavy atom. The number of piperazine rings is 2. The number of halogens is 2. The lowest BCUT2D eigenvalue weighted by Gasteiger charge is -2.37. The number of aromatic nitrogens is 9. The Morgan fingerprint density at radius 2 is 1.10 bits per heavy atom. The molecule has 6 heterocycles. The van der Waals surface area contributed by atoms with Crippen LogP contribution < -0.4 is 40.5 Å². The molecule has 0 bridgehead atoms. The summed E-state index contributed by atoms with van der Waals surface area (Å²) in [6.07, 6.45) is 6.08. The summed E-state index contributed by atoms with van der Waals surface area (Å²) < 4.78 is 56.8. The zero-order valence-corrected chi connectivity index (χ0v) is 46.5. The number of hydrogen-bond donors (Lipinski definition) is 2. The third-order valence-corrected chi connectivity index (χ3v) is 16.2. The van der Waals surface area contributed by atoms with Crippen LogP contribution in [0.5, 0.6) is 17.2 Å². The number of benzene rings is 5. The van der Waals surface area contributed by atoms with Gasteiger partial charge in [-0.1, -0.05) is 19.9 Å². The van der Waals surface area contributed by atoms with Crippen molar-refractivity contribution in [1.29, 1.82) is 0 Å². The van der Waals surface area contributed by atoms with E-state index in [2.05, 4.69) is 52.0 Å². The van der Waals surface area contributed by atoms with E-state index in [-0.39, 0.29) is 42.6 Å². The lowest BCUT2D eigenvalue weighted by Crippen LogP contribution is -2.46. The van der Waals surface area contributed by atoms with Gasteiger partial charge in [0, 0.05) is 98.7 Å². The zero-order valence-electron chi connectivity index (χ0n) is 46.5. The van der Waals surface area contributed by atoms with Gasteiger partial charge in [0.2, 0.25) is 0 Å². The summed E-state index contributed by atoms with van der Waals surface area (Å²) in [5.74, 6) is 0.157. The molecule has 0 unspecified atom stereocenters. The molecule has 430 valence electrons. The molecule has 11 rings (SSSR count). The fourth-order valence-electron chi connectivity index (χ4n) is 11.7. The van der Waals surface area contributed by atoms with Gasteiger partial charge >= 0.3 is 11.4 Å². The molecular formula is C60H69F2N13O7. The highest BCUT2D eigenvalue weighted by Gasteiger charge is 2.45. The predicted molar refractivity (Wildman–Crippen MR) is 307 cm³/mol. The van der Waals surface area contributed by atoms with E-state index >= 15 is 4.39 Å². The molecule has 3 saturated heterocycles. The summed E-state index contributed by atoms with van der Waals surface area (Å²) in [5, 5.41) is 33.3. The van der Waals surface area contributed by atoms with Gasteiger partial charge in [0.1, 0.15) is 48.3 Å². The molecule has 0 saturated carbocycles. The molecule has 0 spiro atoms. The minimum Gasteiger partial charge on any atom is -0.489 e. The van der Waals surface area contributed by atoms with Crippen LogP contribution in [0, 0.1) is 17.6 Å². The summed E-state index contributed by atoms with van der Waals surface area (Å²) in [6.45, 7) is 14.0. The van der Waals surface area contributed by atoms with Crippen molar-refractivity contribution in [2.75, 3.05) is 85.2 Å². The van der Waals surface area contributed by atoms with Crippen molar-refractivity contribution in [2.24, 2.45) is 5.92 Å². The quantitative estimate of drug-likeness (QED) is 0.0769. The Labute approximate surface area is 473 Å². The largest absolute Gasteiger partial charge is 0.489 e. The van der Waals surface area contributed by atoms with Gasteiger partial charge in [-0.2, -0.15) is 15.3 Å². The van der Waals surface area contributed by atoms with E-state index in [1.54, 1.807) is 24.9 Å². The van der Waals surface area contributed by atoms with E-state index in [4.69, 9.17) is 14.2 Å².